The fraction of sp³-hybridized carbons (Fsp3) is 0.500. The van der Waals surface area contributed by atoms with Gasteiger partial charge in [-0.05, 0) is 26.2 Å². The van der Waals surface area contributed by atoms with Gasteiger partial charge in [-0.3, -0.25) is 0 Å². The third kappa shape index (κ3) is 2.16. The molecule has 0 aromatic rings. The molecule has 2 rings (SSSR count). The van der Waals surface area contributed by atoms with Crippen molar-refractivity contribution in [2.75, 3.05) is 20.2 Å². The number of nitrogens with one attached hydrogen (secondary N) is 1. The minimum Gasteiger partial charge on any atom is -0.497 e. The fourth-order valence-electron chi connectivity index (χ4n) is 1.97. The molecule has 0 saturated carbocycles. The maximum Gasteiger partial charge on any atom is 0.126 e. The van der Waals surface area contributed by atoms with Crippen LogP contribution in [0.3, 0.4) is 0 Å². The highest BCUT2D eigenvalue weighted by Crippen LogP contribution is 2.47. The van der Waals surface area contributed by atoms with E-state index in [2.05, 4.69) is 5.32 Å². The smallest absolute Gasteiger partial charge is 0.126 e. The van der Waals surface area contributed by atoms with Crippen molar-refractivity contribution in [2.24, 2.45) is 0 Å². The predicted molar refractivity (Wildman–Crippen MR) is 60.0 cm³/mol. The number of ether oxygens (including phenoxy) is 1. The van der Waals surface area contributed by atoms with Crippen molar-refractivity contribution < 1.29 is 13.5 Å². The van der Waals surface area contributed by atoms with E-state index in [1.54, 1.807) is 0 Å². The number of rotatable bonds is 2. The van der Waals surface area contributed by atoms with Gasteiger partial charge in [0.05, 0.1) is 7.11 Å². The molecule has 0 spiro atoms. The summed E-state index contributed by atoms with van der Waals surface area (Å²) in [5, 5.41) is 3.14. The van der Waals surface area contributed by atoms with Gasteiger partial charge in [0.2, 0.25) is 0 Å². The Morgan fingerprint density at radius 3 is 2.80 bits per heavy atom. The molecule has 15 heavy (non-hydrogen) atoms. The molecule has 2 aliphatic heterocycles. The number of hydrogen-bond donors (Lipinski definition) is 1. The van der Waals surface area contributed by atoms with Gasteiger partial charge < -0.3 is 10.1 Å². The maximum atomic E-state index is 13.7. The Hall–Kier alpha value is -0.600. The number of methoxy groups -OCH3 is 1. The Kier molecular flexibility index (Phi) is 3.27. The number of halogens is 2. The van der Waals surface area contributed by atoms with Crippen LogP contribution in [-0.2, 0) is 4.74 Å². The summed E-state index contributed by atoms with van der Waals surface area (Å²) in [7, 11) is -0.383. The Labute approximate surface area is 88.4 Å². The molecule has 2 unspecified atom stereocenters. The first-order valence-corrected chi connectivity index (χ1v) is 6.53. The van der Waals surface area contributed by atoms with Crippen LogP contribution in [-0.4, -0.2) is 31.4 Å². The summed E-state index contributed by atoms with van der Waals surface area (Å²) in [6.07, 6.45) is 3.49. The van der Waals surface area contributed by atoms with Crippen molar-refractivity contribution in [3.63, 3.8) is 0 Å². The van der Waals surface area contributed by atoms with E-state index >= 15 is 0 Å². The first kappa shape index (κ1) is 10.9. The monoisotopic (exact) mass is 233 g/mol. The molecular weight excluding hydrogens is 219 g/mol. The van der Waals surface area contributed by atoms with Crippen molar-refractivity contribution >= 4 is 13.1 Å². The van der Waals surface area contributed by atoms with Crippen molar-refractivity contribution in [3.05, 3.63) is 23.5 Å². The highest BCUT2D eigenvalue weighted by atomic mass is 31.1. The molecule has 1 N–H and O–H groups in total. The summed E-state index contributed by atoms with van der Waals surface area (Å²) in [6, 6.07) is 0. The van der Waals surface area contributed by atoms with Crippen LogP contribution in [0.25, 0.3) is 0 Å². The lowest BCUT2D eigenvalue weighted by Gasteiger charge is -2.17. The van der Waals surface area contributed by atoms with Crippen LogP contribution in [0.2, 0.25) is 0 Å². The second kappa shape index (κ2) is 4.50. The Morgan fingerprint density at radius 2 is 2.27 bits per heavy atom. The summed E-state index contributed by atoms with van der Waals surface area (Å²) in [4.78, 5) is 0. The van der Waals surface area contributed by atoms with Crippen LogP contribution < -0.4 is 5.32 Å². The summed E-state index contributed by atoms with van der Waals surface area (Å²) in [5.41, 5.74) is -0.531. The molecule has 2 aliphatic rings. The van der Waals surface area contributed by atoms with Gasteiger partial charge in [0, 0.05) is 18.7 Å². The zero-order chi connectivity index (χ0) is 10.8. The topological polar surface area (TPSA) is 21.3 Å². The van der Waals surface area contributed by atoms with Gasteiger partial charge in [0.15, 0.2) is 0 Å². The molecule has 2 heterocycles. The van der Waals surface area contributed by atoms with E-state index in [0.29, 0.717) is 0 Å². The van der Waals surface area contributed by atoms with Crippen LogP contribution in [0.15, 0.2) is 23.5 Å². The van der Waals surface area contributed by atoms with Crippen LogP contribution in [0.5, 0.6) is 0 Å². The Morgan fingerprint density at radius 1 is 1.47 bits per heavy atom. The predicted octanol–water partition coefficient (Wildman–Crippen LogP) is 2.02. The van der Waals surface area contributed by atoms with Crippen molar-refractivity contribution in [1.82, 2.24) is 5.32 Å². The third-order valence-electron chi connectivity index (χ3n) is 2.76. The van der Waals surface area contributed by atoms with Crippen LogP contribution in [0.1, 0.15) is 6.42 Å². The van der Waals surface area contributed by atoms with Gasteiger partial charge in [-0.25, -0.2) is 8.78 Å². The summed E-state index contributed by atoms with van der Waals surface area (Å²) < 4.78 is 32.2. The van der Waals surface area contributed by atoms with Crippen LogP contribution in [0.4, 0.5) is 8.78 Å². The second-order valence-corrected chi connectivity index (χ2v) is 6.29. The molecule has 0 aromatic carbocycles. The highest BCUT2D eigenvalue weighted by Gasteiger charge is 2.26. The molecule has 2 nitrogen and oxygen atoms in total. The van der Waals surface area contributed by atoms with Gasteiger partial charge in [0.1, 0.15) is 16.9 Å². The van der Waals surface area contributed by atoms with Gasteiger partial charge in [-0.15, -0.1) is 0 Å². The molecule has 1 saturated heterocycles. The van der Waals surface area contributed by atoms with Gasteiger partial charge in [-0.1, -0.05) is 0 Å². The molecule has 0 amide bonds. The molecular formula is C10H14F2NOP. The molecule has 0 aromatic heterocycles. The minimum atomic E-state index is -1.80. The maximum absolute atomic E-state index is 13.7. The fourth-order valence-corrected chi connectivity index (χ4v) is 4.36. The lowest BCUT2D eigenvalue weighted by atomic mass is 10.4. The molecule has 5 heteroatoms. The summed E-state index contributed by atoms with van der Waals surface area (Å²) in [6.45, 7) is 1.58. The first-order valence-electron chi connectivity index (χ1n) is 4.96. The SMILES string of the molecule is COC1=CC(F)=[PH](C2CCNC2)C(F)=C1. The summed E-state index contributed by atoms with van der Waals surface area (Å²) >= 11 is 0. The number of hydrogen-bond acceptors (Lipinski definition) is 2. The van der Waals surface area contributed by atoms with Crippen LogP contribution in [0, 0.1) is 0 Å². The van der Waals surface area contributed by atoms with E-state index in [-0.39, 0.29) is 22.5 Å². The lowest BCUT2D eigenvalue weighted by molar-refractivity contribution is 0.306. The van der Waals surface area contributed by atoms with E-state index in [1.165, 1.54) is 19.3 Å². The van der Waals surface area contributed by atoms with E-state index in [1.807, 2.05) is 0 Å². The van der Waals surface area contributed by atoms with E-state index < -0.39 is 7.55 Å². The van der Waals surface area contributed by atoms with E-state index in [4.69, 9.17) is 4.74 Å². The molecule has 0 radical (unpaired) electrons. The second-order valence-electron chi connectivity index (χ2n) is 3.69. The zero-order valence-electron chi connectivity index (χ0n) is 8.52. The van der Waals surface area contributed by atoms with Crippen molar-refractivity contribution in [1.29, 1.82) is 0 Å². The zero-order valence-corrected chi connectivity index (χ0v) is 9.52. The molecule has 0 bridgehead atoms. The third-order valence-corrected chi connectivity index (χ3v) is 5.38. The molecule has 0 aliphatic carbocycles. The molecule has 1 fully saturated rings. The quantitative estimate of drug-likeness (QED) is 0.737. The van der Waals surface area contributed by atoms with Crippen molar-refractivity contribution in [2.45, 2.75) is 12.1 Å². The first-order chi connectivity index (χ1) is 7.22. The van der Waals surface area contributed by atoms with Gasteiger partial charge in [-0.2, -0.15) is 0 Å². The Bertz CT molecular complexity index is 356. The number of allylic oxidation sites excluding steroid dienone is 2. The lowest BCUT2D eigenvalue weighted by Crippen LogP contribution is -2.12. The van der Waals surface area contributed by atoms with Gasteiger partial charge >= 0.3 is 0 Å². The summed E-state index contributed by atoms with van der Waals surface area (Å²) in [5.74, 6) is 0.268. The molecule has 84 valence electrons. The largest absolute Gasteiger partial charge is 0.497 e. The highest BCUT2D eigenvalue weighted by molar-refractivity contribution is 7.63. The average molecular weight is 233 g/mol. The standard InChI is InChI=1S/C10H14F2NOP/c1-14-7-4-9(11)15(10(12)5-7)8-2-3-13-6-8/h4-5,8,13,15H,2-3,6H2,1H3. The normalized spacial score (nSPS) is 31.3. The molecule has 2 atom stereocenters. The van der Waals surface area contributed by atoms with E-state index in [0.717, 1.165) is 19.5 Å². The van der Waals surface area contributed by atoms with Crippen LogP contribution >= 0.6 is 7.55 Å². The van der Waals surface area contributed by atoms with E-state index in [9.17, 15) is 8.78 Å². The average Bonchev–Trinajstić information content (AvgIpc) is 2.69. The Balaban J connectivity index is 2.31. The minimum absolute atomic E-state index is 0.126. The van der Waals surface area contributed by atoms with Crippen molar-refractivity contribution in [3.8, 4) is 0 Å². The van der Waals surface area contributed by atoms with Gasteiger partial charge in [0.25, 0.3) is 0 Å².